The number of H-pyrrole nitrogens is 1. The van der Waals surface area contributed by atoms with Gasteiger partial charge in [0.05, 0.1) is 12.6 Å². The normalized spacial score (nSPS) is 13.4. The molecule has 0 radical (unpaired) electrons. The molecule has 84 valence electrons. The SMILES string of the molecule is CC=CNC(CO)c1cc2ccccc2[nH]1. The van der Waals surface area contributed by atoms with Crippen LogP contribution < -0.4 is 5.32 Å². The van der Waals surface area contributed by atoms with Gasteiger partial charge in [-0.15, -0.1) is 0 Å². The fourth-order valence-electron chi connectivity index (χ4n) is 1.74. The number of aliphatic hydroxyl groups excluding tert-OH is 1. The van der Waals surface area contributed by atoms with Gasteiger partial charge < -0.3 is 15.4 Å². The first kappa shape index (κ1) is 10.8. The third-order valence-electron chi connectivity index (χ3n) is 2.57. The van der Waals surface area contributed by atoms with E-state index < -0.39 is 0 Å². The zero-order chi connectivity index (χ0) is 11.4. The topological polar surface area (TPSA) is 48.0 Å². The minimum absolute atomic E-state index is 0.0666. The minimum Gasteiger partial charge on any atom is -0.394 e. The summed E-state index contributed by atoms with van der Waals surface area (Å²) >= 11 is 0. The fraction of sp³-hybridized carbons (Fsp3) is 0.231. The summed E-state index contributed by atoms with van der Waals surface area (Å²) in [7, 11) is 0. The summed E-state index contributed by atoms with van der Waals surface area (Å²) in [5.41, 5.74) is 2.10. The van der Waals surface area contributed by atoms with Gasteiger partial charge in [0.1, 0.15) is 0 Å². The molecule has 1 heterocycles. The molecule has 0 fully saturated rings. The molecule has 2 aromatic rings. The van der Waals surface area contributed by atoms with Crippen molar-refractivity contribution in [2.75, 3.05) is 6.61 Å². The molecule has 16 heavy (non-hydrogen) atoms. The Morgan fingerprint density at radius 3 is 2.94 bits per heavy atom. The van der Waals surface area contributed by atoms with Crippen LogP contribution in [0.3, 0.4) is 0 Å². The van der Waals surface area contributed by atoms with Crippen molar-refractivity contribution in [1.29, 1.82) is 0 Å². The van der Waals surface area contributed by atoms with Crippen LogP contribution in [-0.2, 0) is 0 Å². The minimum atomic E-state index is -0.0800. The molecule has 1 atom stereocenters. The number of hydrogen-bond donors (Lipinski definition) is 3. The highest BCUT2D eigenvalue weighted by molar-refractivity contribution is 5.80. The summed E-state index contributed by atoms with van der Waals surface area (Å²) in [4.78, 5) is 3.30. The predicted octanol–water partition coefficient (Wildman–Crippen LogP) is 2.32. The molecule has 3 heteroatoms. The number of aliphatic hydroxyl groups is 1. The number of aromatic nitrogens is 1. The van der Waals surface area contributed by atoms with Crippen molar-refractivity contribution in [3.8, 4) is 0 Å². The largest absolute Gasteiger partial charge is 0.394 e. The summed E-state index contributed by atoms with van der Waals surface area (Å²) in [6, 6.07) is 10.1. The Morgan fingerprint density at radius 1 is 1.44 bits per heavy atom. The number of nitrogens with one attached hydrogen (secondary N) is 2. The van der Waals surface area contributed by atoms with Crippen LogP contribution in [-0.4, -0.2) is 16.7 Å². The Balaban J connectivity index is 2.30. The van der Waals surface area contributed by atoms with Crippen molar-refractivity contribution in [2.45, 2.75) is 13.0 Å². The van der Waals surface area contributed by atoms with E-state index in [2.05, 4.69) is 22.4 Å². The number of benzene rings is 1. The Bertz CT molecular complexity index is 454. The highest BCUT2D eigenvalue weighted by Gasteiger charge is 2.10. The second kappa shape index (κ2) is 4.86. The average Bonchev–Trinajstić information content (AvgIpc) is 2.73. The van der Waals surface area contributed by atoms with Crippen molar-refractivity contribution in [2.24, 2.45) is 0 Å². The number of rotatable bonds is 4. The molecular formula is C13H16N2O. The molecule has 0 spiro atoms. The van der Waals surface area contributed by atoms with Gasteiger partial charge in [0.15, 0.2) is 0 Å². The molecule has 3 N–H and O–H groups in total. The zero-order valence-corrected chi connectivity index (χ0v) is 9.27. The maximum Gasteiger partial charge on any atom is 0.0891 e. The zero-order valence-electron chi connectivity index (χ0n) is 9.27. The van der Waals surface area contributed by atoms with Crippen LogP contribution in [0.4, 0.5) is 0 Å². The maximum atomic E-state index is 9.31. The maximum absolute atomic E-state index is 9.31. The van der Waals surface area contributed by atoms with Crippen LogP contribution in [0.5, 0.6) is 0 Å². The molecule has 1 aromatic carbocycles. The van der Waals surface area contributed by atoms with Gasteiger partial charge in [0.25, 0.3) is 0 Å². The van der Waals surface area contributed by atoms with E-state index in [4.69, 9.17) is 0 Å². The molecule has 2 rings (SSSR count). The molecule has 0 bridgehead atoms. The van der Waals surface area contributed by atoms with Gasteiger partial charge in [-0.05, 0) is 30.6 Å². The van der Waals surface area contributed by atoms with Gasteiger partial charge in [-0.1, -0.05) is 24.3 Å². The first-order valence-electron chi connectivity index (χ1n) is 5.41. The first-order valence-corrected chi connectivity index (χ1v) is 5.41. The molecule has 0 aliphatic carbocycles. The lowest BCUT2D eigenvalue weighted by Gasteiger charge is -2.12. The van der Waals surface area contributed by atoms with Crippen molar-refractivity contribution < 1.29 is 5.11 Å². The van der Waals surface area contributed by atoms with E-state index >= 15 is 0 Å². The van der Waals surface area contributed by atoms with Gasteiger partial charge in [-0.2, -0.15) is 0 Å². The summed E-state index contributed by atoms with van der Waals surface area (Å²) < 4.78 is 0. The van der Waals surface area contributed by atoms with Crippen LogP contribution in [0.1, 0.15) is 18.7 Å². The van der Waals surface area contributed by atoms with Crippen LogP contribution >= 0.6 is 0 Å². The predicted molar refractivity (Wildman–Crippen MR) is 66.1 cm³/mol. The van der Waals surface area contributed by atoms with Crippen molar-refractivity contribution >= 4 is 10.9 Å². The van der Waals surface area contributed by atoms with Crippen LogP contribution in [0.15, 0.2) is 42.6 Å². The lowest BCUT2D eigenvalue weighted by molar-refractivity contribution is 0.252. The molecular weight excluding hydrogens is 200 g/mol. The molecule has 0 amide bonds. The second-order valence-electron chi connectivity index (χ2n) is 3.71. The highest BCUT2D eigenvalue weighted by atomic mass is 16.3. The van der Waals surface area contributed by atoms with Crippen molar-refractivity contribution in [3.05, 3.63) is 48.3 Å². The van der Waals surface area contributed by atoms with Gasteiger partial charge in [0.2, 0.25) is 0 Å². The lowest BCUT2D eigenvalue weighted by atomic mass is 10.2. The summed E-state index contributed by atoms with van der Waals surface area (Å²) in [6.07, 6.45) is 3.75. The van der Waals surface area contributed by atoms with E-state index in [1.165, 1.54) is 5.39 Å². The lowest BCUT2D eigenvalue weighted by Crippen LogP contribution is -2.19. The highest BCUT2D eigenvalue weighted by Crippen LogP contribution is 2.19. The number of aromatic amines is 1. The van der Waals surface area contributed by atoms with E-state index in [1.807, 2.05) is 37.4 Å². The van der Waals surface area contributed by atoms with Gasteiger partial charge >= 0.3 is 0 Å². The molecule has 3 nitrogen and oxygen atoms in total. The van der Waals surface area contributed by atoms with Crippen molar-refractivity contribution in [3.63, 3.8) is 0 Å². The third-order valence-corrected chi connectivity index (χ3v) is 2.57. The van der Waals surface area contributed by atoms with Gasteiger partial charge in [0, 0.05) is 11.2 Å². The van der Waals surface area contributed by atoms with E-state index in [0.717, 1.165) is 11.2 Å². The molecule has 0 saturated heterocycles. The first-order chi connectivity index (χ1) is 7.85. The smallest absolute Gasteiger partial charge is 0.0891 e. The Morgan fingerprint density at radius 2 is 2.25 bits per heavy atom. The van der Waals surface area contributed by atoms with Gasteiger partial charge in [-0.25, -0.2) is 0 Å². The van der Waals surface area contributed by atoms with Crippen LogP contribution in [0, 0.1) is 0 Å². The van der Waals surface area contributed by atoms with Crippen LogP contribution in [0.2, 0.25) is 0 Å². The molecule has 1 aromatic heterocycles. The molecule has 0 aliphatic rings. The van der Waals surface area contributed by atoms with E-state index in [-0.39, 0.29) is 12.6 Å². The number of fused-ring (bicyclic) bond motifs is 1. The van der Waals surface area contributed by atoms with Crippen molar-refractivity contribution in [1.82, 2.24) is 10.3 Å². The summed E-state index contributed by atoms with van der Waals surface area (Å²) in [6.45, 7) is 2.00. The summed E-state index contributed by atoms with van der Waals surface area (Å²) in [5, 5.41) is 13.6. The standard InChI is InChI=1S/C13H16N2O/c1-2-7-14-13(9-16)12-8-10-5-3-4-6-11(10)15-12/h2-8,13-16H,9H2,1H3. The Kier molecular flexibility index (Phi) is 3.27. The molecule has 0 aliphatic heterocycles. The van der Waals surface area contributed by atoms with E-state index in [1.54, 1.807) is 0 Å². The quantitative estimate of drug-likeness (QED) is 0.734. The van der Waals surface area contributed by atoms with E-state index in [9.17, 15) is 5.11 Å². The number of allylic oxidation sites excluding steroid dienone is 1. The number of para-hydroxylation sites is 1. The Hall–Kier alpha value is -1.74. The number of hydrogen-bond acceptors (Lipinski definition) is 2. The molecule has 1 unspecified atom stereocenters. The second-order valence-corrected chi connectivity index (χ2v) is 3.71. The van der Waals surface area contributed by atoms with Crippen LogP contribution in [0.25, 0.3) is 10.9 Å². The monoisotopic (exact) mass is 216 g/mol. The Labute approximate surface area is 94.8 Å². The summed E-state index contributed by atoms with van der Waals surface area (Å²) in [5.74, 6) is 0. The van der Waals surface area contributed by atoms with E-state index in [0.29, 0.717) is 0 Å². The molecule has 0 saturated carbocycles. The average molecular weight is 216 g/mol. The van der Waals surface area contributed by atoms with Gasteiger partial charge in [-0.3, -0.25) is 0 Å². The third kappa shape index (κ3) is 2.09. The fourth-order valence-corrected chi connectivity index (χ4v) is 1.74.